The van der Waals surface area contributed by atoms with E-state index in [1.807, 2.05) is 12.1 Å². The predicted molar refractivity (Wildman–Crippen MR) is 156 cm³/mol. The quantitative estimate of drug-likeness (QED) is 0.207. The van der Waals surface area contributed by atoms with Crippen molar-refractivity contribution in [3.63, 3.8) is 0 Å². The van der Waals surface area contributed by atoms with Crippen molar-refractivity contribution in [2.75, 3.05) is 67.8 Å². The average molecular weight is 644 g/mol. The smallest absolute Gasteiger partial charge is 0.306 e. The number of quaternary nitrogens is 2. The normalized spacial score (nSPS) is 19.2. The van der Waals surface area contributed by atoms with Gasteiger partial charge in [0.25, 0.3) is 0 Å². The van der Waals surface area contributed by atoms with Gasteiger partial charge < -0.3 is 58.1 Å². The van der Waals surface area contributed by atoms with E-state index in [9.17, 15) is 4.79 Å². The first kappa shape index (κ1) is 36.6. The highest BCUT2D eigenvalue weighted by molar-refractivity contribution is 5.69. The fraction of sp³-hybridized carbons (Fsp3) is 0.594. The zero-order valence-electron chi connectivity index (χ0n) is 25.9. The lowest BCUT2D eigenvalue weighted by molar-refractivity contribution is -0.987. The van der Waals surface area contributed by atoms with Crippen molar-refractivity contribution in [2.45, 2.75) is 51.0 Å². The summed E-state index contributed by atoms with van der Waals surface area (Å²) >= 11 is 0. The van der Waals surface area contributed by atoms with E-state index in [1.54, 1.807) is 40.6 Å². The monoisotopic (exact) mass is 642 g/mol. The Morgan fingerprint density at radius 1 is 0.837 bits per heavy atom. The number of rotatable bonds is 14. The van der Waals surface area contributed by atoms with Crippen LogP contribution in [0.3, 0.4) is 0 Å². The second-order valence-electron chi connectivity index (χ2n) is 11.1. The Hall–Kier alpha value is -2.59. The van der Waals surface area contributed by atoms with E-state index < -0.39 is 0 Å². The molecule has 1 saturated carbocycles. The van der Waals surface area contributed by atoms with E-state index in [2.05, 4.69) is 12.1 Å². The van der Waals surface area contributed by atoms with Gasteiger partial charge in [-0.1, -0.05) is 44.2 Å². The molecule has 9 nitrogen and oxygen atoms in total. The fourth-order valence-corrected chi connectivity index (χ4v) is 6.14. The lowest BCUT2D eigenvalue weighted by Crippen LogP contribution is -3.26. The summed E-state index contributed by atoms with van der Waals surface area (Å²) in [5.41, 5.74) is 1.20. The minimum absolute atomic E-state index is 0. The molecule has 1 saturated heterocycles. The van der Waals surface area contributed by atoms with E-state index in [0.717, 1.165) is 38.3 Å². The van der Waals surface area contributed by atoms with Crippen molar-refractivity contribution in [3.05, 3.63) is 36.4 Å². The summed E-state index contributed by atoms with van der Waals surface area (Å²) in [7, 11) is 6.45. The Labute approximate surface area is 268 Å². The van der Waals surface area contributed by atoms with E-state index in [4.69, 9.17) is 28.4 Å². The van der Waals surface area contributed by atoms with Gasteiger partial charge in [-0.2, -0.15) is 0 Å². The Morgan fingerprint density at radius 3 is 2.07 bits per heavy atom. The van der Waals surface area contributed by atoms with E-state index in [-0.39, 0.29) is 43.5 Å². The number of hydrogen-bond donors (Lipinski definition) is 2. The molecule has 0 bridgehead atoms. The molecule has 0 radical (unpaired) electrons. The highest BCUT2D eigenvalue weighted by Crippen LogP contribution is 2.40. The largest absolute Gasteiger partial charge is 1.00 e. The minimum atomic E-state index is -0.365. The highest BCUT2D eigenvalue weighted by atomic mass is 35.5. The molecule has 43 heavy (non-hydrogen) atoms. The number of halogens is 2. The molecule has 242 valence electrons. The van der Waals surface area contributed by atoms with Crippen LogP contribution in [0.25, 0.3) is 0 Å². The second kappa shape index (κ2) is 18.9. The molecule has 0 spiro atoms. The van der Waals surface area contributed by atoms with Crippen LogP contribution in [0.4, 0.5) is 5.69 Å². The van der Waals surface area contributed by atoms with Gasteiger partial charge in [-0.25, -0.2) is 0 Å². The van der Waals surface area contributed by atoms with Crippen LogP contribution < -0.4 is 58.3 Å². The summed E-state index contributed by atoms with van der Waals surface area (Å²) in [6, 6.07) is 11.8. The summed E-state index contributed by atoms with van der Waals surface area (Å²) in [5.74, 6) is 3.55. The maximum absolute atomic E-state index is 13.0. The first-order valence-corrected chi connectivity index (χ1v) is 15.0. The molecule has 0 amide bonds. The Kier molecular flexibility index (Phi) is 16.1. The van der Waals surface area contributed by atoms with Crippen molar-refractivity contribution in [1.29, 1.82) is 0 Å². The molecule has 1 atom stereocenters. The number of piperazine rings is 1. The summed E-state index contributed by atoms with van der Waals surface area (Å²) < 4.78 is 34.2. The molecule has 1 aliphatic heterocycles. The summed E-state index contributed by atoms with van der Waals surface area (Å²) in [5, 5.41) is 0. The minimum Gasteiger partial charge on any atom is -1.00 e. The van der Waals surface area contributed by atoms with Crippen molar-refractivity contribution < 1.29 is 67.8 Å². The number of benzene rings is 2. The predicted octanol–water partition coefficient (Wildman–Crippen LogP) is -3.50. The highest BCUT2D eigenvalue weighted by Gasteiger charge is 2.30. The number of methoxy groups -OCH3 is 4. The van der Waals surface area contributed by atoms with Gasteiger partial charge in [0, 0.05) is 24.6 Å². The van der Waals surface area contributed by atoms with Gasteiger partial charge >= 0.3 is 5.97 Å². The van der Waals surface area contributed by atoms with E-state index in [0.29, 0.717) is 41.9 Å². The molecule has 2 N–H and O–H groups in total. The maximum atomic E-state index is 13.0. The molecule has 1 aliphatic carbocycles. The summed E-state index contributed by atoms with van der Waals surface area (Å²) in [6.07, 6.45) is 7.33. The van der Waals surface area contributed by atoms with Crippen LogP contribution in [0, 0.1) is 5.92 Å². The van der Waals surface area contributed by atoms with Gasteiger partial charge in [0.05, 0.1) is 28.4 Å². The lowest BCUT2D eigenvalue weighted by Gasteiger charge is -2.32. The van der Waals surface area contributed by atoms with Crippen LogP contribution in [0.5, 0.6) is 28.7 Å². The van der Waals surface area contributed by atoms with Crippen LogP contribution in [-0.2, 0) is 9.53 Å². The SMILES string of the molecule is COc1ccccc1[NH+]1CC[NH+](CC(COc2cc(OC)c(OC)c(OC)c2)OC(=O)CCC2CCCCC2)CC1.[Cl-].[Cl-]. The number of carbonyl (C=O) groups is 1. The lowest BCUT2D eigenvalue weighted by atomic mass is 9.86. The Morgan fingerprint density at radius 2 is 1.47 bits per heavy atom. The maximum Gasteiger partial charge on any atom is 0.306 e. The topological polar surface area (TPSA) is 81.3 Å². The Bertz CT molecular complexity index is 1080. The van der Waals surface area contributed by atoms with Gasteiger partial charge in [0.15, 0.2) is 29.0 Å². The van der Waals surface area contributed by atoms with Gasteiger partial charge in [-0.15, -0.1) is 0 Å². The molecule has 2 aliphatic rings. The van der Waals surface area contributed by atoms with Gasteiger partial charge in [-0.3, -0.25) is 9.69 Å². The molecular formula is C32H48Cl2N2O7. The van der Waals surface area contributed by atoms with Gasteiger partial charge in [0.2, 0.25) is 5.75 Å². The molecule has 1 heterocycles. The molecular weight excluding hydrogens is 595 g/mol. The van der Waals surface area contributed by atoms with Gasteiger partial charge in [0.1, 0.15) is 45.1 Å². The number of nitrogens with one attached hydrogen (secondary N) is 2. The molecule has 2 aromatic carbocycles. The second-order valence-corrected chi connectivity index (χ2v) is 11.1. The van der Waals surface area contributed by atoms with Crippen molar-refractivity contribution >= 4 is 11.7 Å². The summed E-state index contributed by atoms with van der Waals surface area (Å²) in [6.45, 7) is 4.83. The summed E-state index contributed by atoms with van der Waals surface area (Å²) in [4.78, 5) is 15.8. The van der Waals surface area contributed by atoms with E-state index in [1.165, 1.54) is 47.6 Å². The Balaban J connectivity index is 0.00000323. The molecule has 2 aromatic rings. The molecule has 1 unspecified atom stereocenters. The van der Waals surface area contributed by atoms with Gasteiger partial charge in [-0.05, 0) is 18.4 Å². The third-order valence-electron chi connectivity index (χ3n) is 8.42. The first-order valence-electron chi connectivity index (χ1n) is 15.0. The van der Waals surface area contributed by atoms with Crippen molar-refractivity contribution in [2.24, 2.45) is 5.92 Å². The number of para-hydroxylation sites is 2. The first-order chi connectivity index (χ1) is 20.0. The molecule has 2 fully saturated rings. The number of ether oxygens (including phenoxy) is 6. The van der Waals surface area contributed by atoms with Crippen LogP contribution in [0.2, 0.25) is 0 Å². The van der Waals surface area contributed by atoms with Crippen LogP contribution >= 0.6 is 0 Å². The molecule has 11 heteroatoms. The van der Waals surface area contributed by atoms with Crippen LogP contribution in [0.15, 0.2) is 36.4 Å². The number of hydrogen-bond acceptors (Lipinski definition) is 7. The fourth-order valence-electron chi connectivity index (χ4n) is 6.14. The standard InChI is InChI=1S/C32H46N2O7.2ClH/c1-36-28-13-9-8-12-27(28)34-18-16-33(17-19-34)22-26(41-31(35)15-14-24-10-6-5-7-11-24)23-40-25-20-29(37-2)32(39-4)30(21-25)38-3;;/h8-9,12-13,20-21,24,26H,5-7,10-11,14-19,22-23H2,1-4H3;2*1H. The van der Waals surface area contributed by atoms with E-state index >= 15 is 0 Å². The third-order valence-corrected chi connectivity index (χ3v) is 8.42. The van der Waals surface area contributed by atoms with Crippen LogP contribution in [-0.4, -0.2) is 79.8 Å². The van der Waals surface area contributed by atoms with Crippen LogP contribution in [0.1, 0.15) is 44.9 Å². The molecule has 0 aromatic heterocycles. The third kappa shape index (κ3) is 10.5. The average Bonchev–Trinajstić information content (AvgIpc) is 3.02. The molecule has 4 rings (SSSR count). The zero-order chi connectivity index (χ0) is 29.0. The van der Waals surface area contributed by atoms with Crippen molar-refractivity contribution in [1.82, 2.24) is 0 Å². The number of esters is 1. The zero-order valence-corrected chi connectivity index (χ0v) is 27.4. The van der Waals surface area contributed by atoms with Crippen molar-refractivity contribution in [3.8, 4) is 28.7 Å². The number of carbonyl (C=O) groups excluding carboxylic acids is 1.